The van der Waals surface area contributed by atoms with Crippen molar-refractivity contribution >= 4 is 11.6 Å². The first kappa shape index (κ1) is 18.8. The minimum atomic E-state index is -0.419. The summed E-state index contributed by atoms with van der Waals surface area (Å²) < 4.78 is 15.7. The van der Waals surface area contributed by atoms with Crippen LogP contribution in [0.5, 0.6) is 17.2 Å². The molecule has 0 radical (unpaired) electrons. The lowest BCUT2D eigenvalue weighted by Crippen LogP contribution is -2.19. The Morgan fingerprint density at radius 3 is 2.04 bits per heavy atom. The van der Waals surface area contributed by atoms with Crippen LogP contribution in [0.4, 0.5) is 0 Å². The van der Waals surface area contributed by atoms with Crippen LogP contribution in [0.1, 0.15) is 28.4 Å². The van der Waals surface area contributed by atoms with E-state index in [1.165, 1.54) is 21.3 Å². The van der Waals surface area contributed by atoms with Crippen molar-refractivity contribution in [1.82, 2.24) is 5.43 Å². The summed E-state index contributed by atoms with van der Waals surface area (Å²) in [5.74, 6) is 0.746. The minimum Gasteiger partial charge on any atom is -0.493 e. The molecule has 0 aliphatic carbocycles. The predicted octanol–water partition coefficient (Wildman–Crippen LogP) is 2.74. The standard InChI is InChI=1S/C19H19N3O4/c1-12(14-7-5-13(11-20)6-8-14)21-22-19(23)15-9-16(24-2)18(26-4)17(10-15)25-3/h5-10H,1-4H3,(H,22,23)/b21-12-. The molecule has 1 N–H and O–H groups in total. The summed E-state index contributed by atoms with van der Waals surface area (Å²) in [6.07, 6.45) is 0. The van der Waals surface area contributed by atoms with Gasteiger partial charge in [-0.05, 0) is 36.8 Å². The molecular formula is C19H19N3O4. The first-order chi connectivity index (χ1) is 12.5. The second-order valence-electron chi connectivity index (χ2n) is 5.24. The van der Waals surface area contributed by atoms with Gasteiger partial charge in [0, 0.05) is 5.56 Å². The summed E-state index contributed by atoms with van der Waals surface area (Å²) in [7, 11) is 4.45. The van der Waals surface area contributed by atoms with E-state index in [0.29, 0.717) is 34.1 Å². The molecule has 7 heteroatoms. The maximum absolute atomic E-state index is 12.4. The highest BCUT2D eigenvalue weighted by molar-refractivity contribution is 6.01. The molecule has 0 aromatic heterocycles. The molecule has 0 heterocycles. The third-order valence-electron chi connectivity index (χ3n) is 3.68. The van der Waals surface area contributed by atoms with E-state index in [0.717, 1.165) is 5.56 Å². The van der Waals surface area contributed by atoms with Crippen LogP contribution in [0.2, 0.25) is 0 Å². The Balaban J connectivity index is 2.22. The third kappa shape index (κ3) is 4.11. The zero-order chi connectivity index (χ0) is 19.1. The Bertz CT molecular complexity index is 842. The molecule has 0 fully saturated rings. The number of methoxy groups -OCH3 is 3. The maximum atomic E-state index is 12.4. The number of carbonyl (C=O) groups is 1. The van der Waals surface area contributed by atoms with Gasteiger partial charge < -0.3 is 14.2 Å². The van der Waals surface area contributed by atoms with E-state index in [1.54, 1.807) is 43.3 Å². The number of nitrogens with zero attached hydrogens (tertiary/aromatic N) is 2. The van der Waals surface area contributed by atoms with Gasteiger partial charge >= 0.3 is 0 Å². The van der Waals surface area contributed by atoms with E-state index in [2.05, 4.69) is 16.6 Å². The van der Waals surface area contributed by atoms with Crippen LogP contribution in [0.25, 0.3) is 0 Å². The van der Waals surface area contributed by atoms with Crippen LogP contribution in [-0.2, 0) is 0 Å². The lowest BCUT2D eigenvalue weighted by Gasteiger charge is -2.13. The summed E-state index contributed by atoms with van der Waals surface area (Å²) >= 11 is 0. The number of hydrogen-bond acceptors (Lipinski definition) is 6. The van der Waals surface area contributed by atoms with Crippen LogP contribution >= 0.6 is 0 Å². The summed E-state index contributed by atoms with van der Waals surface area (Å²) in [5, 5.41) is 12.9. The lowest BCUT2D eigenvalue weighted by atomic mass is 10.1. The zero-order valence-electron chi connectivity index (χ0n) is 15.0. The van der Waals surface area contributed by atoms with E-state index in [-0.39, 0.29) is 0 Å². The Morgan fingerprint density at radius 1 is 1.00 bits per heavy atom. The molecular weight excluding hydrogens is 334 g/mol. The Morgan fingerprint density at radius 2 is 1.58 bits per heavy atom. The van der Waals surface area contributed by atoms with Crippen LogP contribution in [-0.4, -0.2) is 32.9 Å². The zero-order valence-corrected chi connectivity index (χ0v) is 15.0. The van der Waals surface area contributed by atoms with Crippen molar-refractivity contribution in [3.8, 4) is 23.3 Å². The number of nitriles is 1. The number of benzene rings is 2. The molecule has 0 saturated carbocycles. The number of hydrogen-bond donors (Lipinski definition) is 1. The topological polar surface area (TPSA) is 92.9 Å². The first-order valence-corrected chi connectivity index (χ1v) is 7.69. The van der Waals surface area contributed by atoms with E-state index >= 15 is 0 Å². The molecule has 134 valence electrons. The van der Waals surface area contributed by atoms with Gasteiger partial charge in [0.05, 0.1) is 38.7 Å². The van der Waals surface area contributed by atoms with Crippen molar-refractivity contribution in [1.29, 1.82) is 5.26 Å². The van der Waals surface area contributed by atoms with Gasteiger partial charge in [0.25, 0.3) is 5.91 Å². The number of hydrazone groups is 1. The molecule has 0 atom stereocenters. The largest absolute Gasteiger partial charge is 0.493 e. The van der Waals surface area contributed by atoms with Crippen molar-refractivity contribution in [2.24, 2.45) is 5.10 Å². The molecule has 0 aliphatic heterocycles. The Hall–Kier alpha value is -3.53. The van der Waals surface area contributed by atoms with Crippen molar-refractivity contribution in [3.63, 3.8) is 0 Å². The second-order valence-corrected chi connectivity index (χ2v) is 5.24. The van der Waals surface area contributed by atoms with E-state index in [9.17, 15) is 4.79 Å². The monoisotopic (exact) mass is 353 g/mol. The summed E-state index contributed by atoms with van der Waals surface area (Å²) in [4.78, 5) is 12.4. The highest BCUT2D eigenvalue weighted by atomic mass is 16.5. The Labute approximate surface area is 151 Å². The normalized spacial score (nSPS) is 10.7. The van der Waals surface area contributed by atoms with Crippen LogP contribution in [0, 0.1) is 11.3 Å². The molecule has 0 spiro atoms. The van der Waals surface area contributed by atoms with E-state index < -0.39 is 5.91 Å². The van der Waals surface area contributed by atoms with Crippen molar-refractivity contribution < 1.29 is 19.0 Å². The minimum absolute atomic E-state index is 0.316. The van der Waals surface area contributed by atoms with Crippen molar-refractivity contribution in [2.75, 3.05) is 21.3 Å². The molecule has 0 bridgehead atoms. The summed E-state index contributed by atoms with van der Waals surface area (Å²) in [6, 6.07) is 12.1. The van der Waals surface area contributed by atoms with Gasteiger partial charge in [-0.2, -0.15) is 10.4 Å². The number of ether oxygens (including phenoxy) is 3. The molecule has 26 heavy (non-hydrogen) atoms. The number of amides is 1. The lowest BCUT2D eigenvalue weighted by molar-refractivity contribution is 0.0954. The molecule has 2 aromatic carbocycles. The number of nitrogens with one attached hydrogen (secondary N) is 1. The van der Waals surface area contributed by atoms with Gasteiger partial charge in [0.15, 0.2) is 11.5 Å². The highest BCUT2D eigenvalue weighted by Gasteiger charge is 2.16. The quantitative estimate of drug-likeness (QED) is 0.637. The van der Waals surface area contributed by atoms with Crippen molar-refractivity contribution in [3.05, 3.63) is 53.1 Å². The fourth-order valence-corrected chi connectivity index (χ4v) is 2.26. The summed E-state index contributed by atoms with van der Waals surface area (Å²) in [6.45, 7) is 1.76. The molecule has 1 amide bonds. The van der Waals surface area contributed by atoms with Crippen molar-refractivity contribution in [2.45, 2.75) is 6.92 Å². The maximum Gasteiger partial charge on any atom is 0.271 e. The Kier molecular flexibility index (Phi) is 6.17. The average molecular weight is 353 g/mol. The van der Waals surface area contributed by atoms with Crippen LogP contribution < -0.4 is 19.6 Å². The highest BCUT2D eigenvalue weighted by Crippen LogP contribution is 2.38. The smallest absolute Gasteiger partial charge is 0.271 e. The molecule has 2 aromatic rings. The summed E-state index contributed by atoms with van der Waals surface area (Å²) in [5.41, 5.74) is 4.78. The molecule has 2 rings (SSSR count). The average Bonchev–Trinajstić information content (AvgIpc) is 2.70. The second kappa shape index (κ2) is 8.53. The molecule has 0 unspecified atom stereocenters. The fraction of sp³-hybridized carbons (Fsp3) is 0.211. The van der Waals surface area contributed by atoms with Gasteiger partial charge in [-0.25, -0.2) is 5.43 Å². The molecule has 0 saturated heterocycles. The van der Waals surface area contributed by atoms with Gasteiger partial charge in [-0.1, -0.05) is 12.1 Å². The van der Waals surface area contributed by atoms with Crippen LogP contribution in [0.3, 0.4) is 0 Å². The van der Waals surface area contributed by atoms with Gasteiger partial charge in [0.2, 0.25) is 5.75 Å². The first-order valence-electron chi connectivity index (χ1n) is 7.69. The van der Waals surface area contributed by atoms with Gasteiger partial charge in [0.1, 0.15) is 0 Å². The SMILES string of the molecule is COc1cc(C(=O)N/N=C(/C)c2ccc(C#N)cc2)cc(OC)c1OC. The van der Waals surface area contributed by atoms with Gasteiger partial charge in [-0.15, -0.1) is 0 Å². The predicted molar refractivity (Wildman–Crippen MR) is 96.9 cm³/mol. The molecule has 0 aliphatic rings. The third-order valence-corrected chi connectivity index (χ3v) is 3.68. The van der Waals surface area contributed by atoms with E-state index in [4.69, 9.17) is 19.5 Å². The number of carbonyl (C=O) groups excluding carboxylic acids is 1. The van der Waals surface area contributed by atoms with Gasteiger partial charge in [-0.3, -0.25) is 4.79 Å². The number of rotatable bonds is 6. The fourth-order valence-electron chi connectivity index (χ4n) is 2.26. The van der Waals surface area contributed by atoms with Crippen LogP contribution in [0.15, 0.2) is 41.5 Å². The molecule has 7 nitrogen and oxygen atoms in total. The van der Waals surface area contributed by atoms with E-state index in [1.807, 2.05) is 0 Å².